The van der Waals surface area contributed by atoms with Crippen LogP contribution in [0.3, 0.4) is 0 Å². The van der Waals surface area contributed by atoms with E-state index < -0.39 is 0 Å². The summed E-state index contributed by atoms with van der Waals surface area (Å²) in [4.78, 5) is 0. The predicted octanol–water partition coefficient (Wildman–Crippen LogP) is -0.667. The molecule has 4 heavy (non-hydrogen) atoms. The molecular formula is C3H6Ge. The first-order valence-electron chi connectivity index (χ1n) is 1.25. The van der Waals surface area contributed by atoms with Gasteiger partial charge in [0.15, 0.2) is 0 Å². The van der Waals surface area contributed by atoms with Crippen LogP contribution in [0.1, 0.15) is 6.92 Å². The standard InChI is InChI=1S/C3H6Ge/c1-2-3-4/h1,4H3. The van der Waals surface area contributed by atoms with Crippen LogP contribution in [0.4, 0.5) is 0 Å². The van der Waals surface area contributed by atoms with E-state index in [1.807, 2.05) is 6.92 Å². The van der Waals surface area contributed by atoms with E-state index in [1.54, 1.807) is 0 Å². The fourth-order valence-electron chi connectivity index (χ4n) is 0. The van der Waals surface area contributed by atoms with Crippen molar-refractivity contribution >= 4 is 16.5 Å². The third kappa shape index (κ3) is 2.10. The molecule has 0 nitrogen and oxygen atoms in total. The molecule has 0 rings (SSSR count). The Morgan fingerprint density at radius 2 is 2.00 bits per heavy atom. The number of hydrogen-bond acceptors (Lipinski definition) is 0. The van der Waals surface area contributed by atoms with Gasteiger partial charge in [-0.05, 0) is 0 Å². The summed E-state index contributed by atoms with van der Waals surface area (Å²) in [5, 5.41) is 0. The molecule has 0 heterocycles. The van der Waals surface area contributed by atoms with Crippen LogP contribution in [0.15, 0.2) is 0 Å². The Hall–Kier alpha value is 0.103. The van der Waals surface area contributed by atoms with Gasteiger partial charge in [0.05, 0.1) is 0 Å². The second-order valence-corrected chi connectivity index (χ2v) is 1.55. The van der Waals surface area contributed by atoms with Gasteiger partial charge in [-0.3, -0.25) is 0 Å². The van der Waals surface area contributed by atoms with E-state index >= 15 is 0 Å². The Labute approximate surface area is 34.8 Å². The van der Waals surface area contributed by atoms with Crippen LogP contribution >= 0.6 is 0 Å². The summed E-state index contributed by atoms with van der Waals surface area (Å²) in [6.07, 6.45) is 0. The zero-order chi connectivity index (χ0) is 3.41. The van der Waals surface area contributed by atoms with Gasteiger partial charge in [0.25, 0.3) is 0 Å². The monoisotopic (exact) mass is 116 g/mol. The third-order valence-corrected chi connectivity index (χ3v) is 1.30. The summed E-state index contributed by atoms with van der Waals surface area (Å²) in [6, 6.07) is 0. The van der Waals surface area contributed by atoms with E-state index in [2.05, 4.69) is 10.7 Å². The van der Waals surface area contributed by atoms with E-state index in [1.165, 1.54) is 0 Å². The van der Waals surface area contributed by atoms with Gasteiger partial charge in [0.1, 0.15) is 0 Å². The molecule has 0 fully saturated rings. The van der Waals surface area contributed by atoms with Crippen molar-refractivity contribution in [2.24, 2.45) is 0 Å². The molecule has 0 N–H and O–H groups in total. The fraction of sp³-hybridized carbons (Fsp3) is 0.333. The predicted molar refractivity (Wildman–Crippen MR) is 23.4 cm³/mol. The molecule has 0 aliphatic rings. The first-order valence-corrected chi connectivity index (χ1v) is 3.35. The van der Waals surface area contributed by atoms with Gasteiger partial charge in [-0.15, -0.1) is 0 Å². The van der Waals surface area contributed by atoms with Crippen LogP contribution in [-0.2, 0) is 0 Å². The average Bonchev–Trinajstić information content (AvgIpc) is 1.37. The summed E-state index contributed by atoms with van der Waals surface area (Å²) in [5.74, 6) is 2.76. The summed E-state index contributed by atoms with van der Waals surface area (Å²) < 4.78 is 2.87. The van der Waals surface area contributed by atoms with Crippen molar-refractivity contribution in [2.75, 3.05) is 0 Å². The quantitative estimate of drug-likeness (QED) is 0.290. The van der Waals surface area contributed by atoms with Crippen LogP contribution in [0.2, 0.25) is 0 Å². The molecule has 0 radical (unpaired) electrons. The van der Waals surface area contributed by atoms with Crippen molar-refractivity contribution in [3.63, 3.8) is 0 Å². The van der Waals surface area contributed by atoms with Crippen LogP contribution < -0.4 is 0 Å². The molecule has 0 saturated heterocycles. The molecule has 0 bridgehead atoms. The third-order valence-electron chi connectivity index (χ3n) is 0.250. The van der Waals surface area contributed by atoms with Gasteiger partial charge < -0.3 is 0 Å². The Morgan fingerprint density at radius 1 is 1.75 bits per heavy atom. The normalized spacial score (nSPS) is 4.25. The second-order valence-electron chi connectivity index (χ2n) is 0.500. The van der Waals surface area contributed by atoms with Crippen molar-refractivity contribution < 1.29 is 0 Å². The average molecular weight is 115 g/mol. The summed E-state index contributed by atoms with van der Waals surface area (Å²) in [5.41, 5.74) is 0. The first kappa shape index (κ1) is 4.10. The Kier molecular flexibility index (Phi) is 3.18. The van der Waals surface area contributed by atoms with Gasteiger partial charge in [-0.2, -0.15) is 0 Å². The van der Waals surface area contributed by atoms with E-state index in [9.17, 15) is 0 Å². The van der Waals surface area contributed by atoms with Gasteiger partial charge in [0.2, 0.25) is 0 Å². The minimum atomic E-state index is 0.752. The molecule has 0 aromatic rings. The second kappa shape index (κ2) is 3.10. The Bertz CT molecular complexity index is 40.0. The van der Waals surface area contributed by atoms with Gasteiger partial charge in [0, 0.05) is 0 Å². The Morgan fingerprint density at radius 3 is 2.00 bits per heavy atom. The molecule has 0 amide bonds. The van der Waals surface area contributed by atoms with Crippen LogP contribution in [0.5, 0.6) is 0 Å². The topological polar surface area (TPSA) is 0 Å². The number of rotatable bonds is 0. The maximum absolute atomic E-state index is 2.87. The van der Waals surface area contributed by atoms with E-state index in [0.717, 1.165) is 16.5 Å². The Balaban J connectivity index is 2.83. The van der Waals surface area contributed by atoms with Gasteiger partial charge in [-0.1, -0.05) is 0 Å². The molecule has 0 atom stereocenters. The summed E-state index contributed by atoms with van der Waals surface area (Å²) in [7, 11) is 0. The van der Waals surface area contributed by atoms with Crippen LogP contribution in [0, 0.1) is 10.7 Å². The molecule has 1 heteroatoms. The van der Waals surface area contributed by atoms with Crippen molar-refractivity contribution in [1.29, 1.82) is 0 Å². The summed E-state index contributed by atoms with van der Waals surface area (Å²) in [6.45, 7) is 1.87. The first-order chi connectivity index (χ1) is 1.91. The van der Waals surface area contributed by atoms with E-state index in [0.29, 0.717) is 0 Å². The summed E-state index contributed by atoms with van der Waals surface area (Å²) >= 11 is 0.752. The maximum atomic E-state index is 2.87. The SMILES string of the molecule is CC#[C][GeH3]. The van der Waals surface area contributed by atoms with Crippen molar-refractivity contribution in [3.8, 4) is 10.7 Å². The number of hydrogen-bond donors (Lipinski definition) is 0. The molecule has 0 aliphatic carbocycles. The van der Waals surface area contributed by atoms with Crippen molar-refractivity contribution in [1.82, 2.24) is 0 Å². The van der Waals surface area contributed by atoms with E-state index in [4.69, 9.17) is 0 Å². The molecule has 0 aromatic heterocycles. The van der Waals surface area contributed by atoms with E-state index in [-0.39, 0.29) is 0 Å². The van der Waals surface area contributed by atoms with Crippen LogP contribution in [0.25, 0.3) is 0 Å². The van der Waals surface area contributed by atoms with Crippen LogP contribution in [-0.4, -0.2) is 16.5 Å². The van der Waals surface area contributed by atoms with Crippen molar-refractivity contribution in [2.45, 2.75) is 6.92 Å². The van der Waals surface area contributed by atoms with Crippen molar-refractivity contribution in [3.05, 3.63) is 0 Å². The molecule has 0 spiro atoms. The molecule has 0 unspecified atom stereocenters. The zero-order valence-corrected chi connectivity index (χ0v) is 7.20. The minimum absolute atomic E-state index is 0.752. The fourth-order valence-corrected chi connectivity index (χ4v) is 0. The molecule has 0 aromatic carbocycles. The zero-order valence-electron chi connectivity index (χ0n) is 3.00. The molecule has 22 valence electrons. The van der Waals surface area contributed by atoms with Gasteiger partial charge in [-0.25, -0.2) is 0 Å². The molecular weight excluding hydrogens is 109 g/mol. The van der Waals surface area contributed by atoms with Gasteiger partial charge >= 0.3 is 34.1 Å². The molecule has 0 saturated carbocycles. The molecule has 0 aliphatic heterocycles.